The molecule has 0 fully saturated rings. The van der Waals surface area contributed by atoms with Gasteiger partial charge in [0.25, 0.3) is 0 Å². The summed E-state index contributed by atoms with van der Waals surface area (Å²) in [6, 6.07) is 133. The minimum Gasteiger partial charge on any atom is -0.508 e. The lowest BCUT2D eigenvalue weighted by atomic mass is 9.71. The zero-order valence-electron chi connectivity index (χ0n) is 69.3. The lowest BCUT2D eigenvalue weighted by Crippen LogP contribution is -2.25. The van der Waals surface area contributed by atoms with Crippen molar-refractivity contribution in [3.05, 3.63) is 457 Å². The van der Waals surface area contributed by atoms with E-state index in [1.165, 1.54) is 33.4 Å². The number of hydrogen-bond acceptors (Lipinski definition) is 14. The Morgan fingerprint density at radius 1 is 0.169 bits per heavy atom. The third kappa shape index (κ3) is 21.8. The van der Waals surface area contributed by atoms with Gasteiger partial charge in [-0.2, -0.15) is 0 Å². The Morgan fingerprint density at radius 2 is 0.315 bits per heavy atom. The van der Waals surface area contributed by atoms with Crippen LogP contribution in [-0.2, 0) is 16.2 Å². The van der Waals surface area contributed by atoms with Gasteiger partial charge in [-0.1, -0.05) is 237 Å². The molecule has 16 aromatic carbocycles. The van der Waals surface area contributed by atoms with Gasteiger partial charge >= 0.3 is 0 Å². The number of phenols is 4. The molecule has 0 aliphatic rings. The van der Waals surface area contributed by atoms with Crippen molar-refractivity contribution in [2.45, 2.75) is 37.0 Å². The summed E-state index contributed by atoms with van der Waals surface area (Å²) in [5, 5.41) is 56.1. The maximum absolute atomic E-state index is 9.58. The molecule has 0 spiro atoms. The molecule has 0 aliphatic heterocycles. The molecular formula is C110H98O14. The molecule has 0 aromatic heterocycles. The summed E-state index contributed by atoms with van der Waals surface area (Å²) in [6.45, 7) is 8.75. The summed E-state index contributed by atoms with van der Waals surface area (Å²) >= 11 is 0. The molecular weight excluding hydrogens is 1550 g/mol. The van der Waals surface area contributed by atoms with Gasteiger partial charge < -0.3 is 68.5 Å². The minimum absolute atomic E-state index is 0.0159. The molecule has 124 heavy (non-hydrogen) atoms. The van der Waals surface area contributed by atoms with Crippen LogP contribution in [0.4, 0.5) is 0 Å². The van der Waals surface area contributed by atoms with E-state index in [0.717, 1.165) is 73.1 Å². The van der Waals surface area contributed by atoms with E-state index in [2.05, 4.69) is 227 Å². The second-order valence-electron chi connectivity index (χ2n) is 30.1. The average molecular weight is 1640 g/mol. The fourth-order valence-electron chi connectivity index (χ4n) is 15.0. The van der Waals surface area contributed by atoms with Crippen molar-refractivity contribution >= 4 is 0 Å². The van der Waals surface area contributed by atoms with Crippen molar-refractivity contribution in [3.63, 3.8) is 0 Å². The summed E-state index contributed by atoms with van der Waals surface area (Å²) in [6.07, 6.45) is 0. The van der Waals surface area contributed by atoms with Crippen LogP contribution in [0.2, 0.25) is 0 Å². The van der Waals surface area contributed by atoms with Gasteiger partial charge in [-0.15, -0.1) is 0 Å². The molecule has 14 nitrogen and oxygen atoms in total. The molecule has 14 heteroatoms. The minimum atomic E-state index is -0.469. The zero-order chi connectivity index (χ0) is 85.9. The smallest absolute Gasteiger partial charge is 0.127 e. The van der Waals surface area contributed by atoms with E-state index in [-0.39, 0.29) is 49.4 Å². The third-order valence-electron chi connectivity index (χ3n) is 22.1. The molecule has 0 saturated heterocycles. The number of aliphatic hydroxyl groups is 2. The third-order valence-corrected chi connectivity index (χ3v) is 22.1. The van der Waals surface area contributed by atoms with Crippen molar-refractivity contribution in [1.82, 2.24) is 0 Å². The average Bonchev–Trinajstić information content (AvgIpc) is 0.768. The van der Waals surface area contributed by atoms with E-state index in [9.17, 15) is 20.4 Å². The van der Waals surface area contributed by atoms with Crippen LogP contribution < -0.4 is 37.9 Å². The standard InChI is InChI=1S/C42H38O6.C38H30O4.C30H30O4/c1-42(33-9-7-32(8-10-33)31-5-3-2-4-6-31,34-11-19-38(20-12-34)45-27-29-47-40-23-15-36(43)16-24-40)35-13-21-39(22-14-35)46-28-30-48-41-25-17-37(44)18-26-41;1-38(29-9-7-28(8-10-29)27-5-3-2-4-6-27,30-11-19-34(20-12-30)41-36-23-15-32(39)16-24-36)31-13-21-35(22-14-31)42-37-25-17-33(40)18-26-37;1-30(26-11-15-28(16-12-26)33-21-19-31,27-13-17-29(18-14-27)34-22-20-32)25-9-7-24(8-10-25)23-5-3-2-4-6-23/h2-26,43-44H,27-30H2,1H3;2-26,39-40H,1H3;2-18,31-32H,19-22H2,1H3. The molecule has 16 rings (SSSR count). The van der Waals surface area contributed by atoms with Crippen molar-refractivity contribution in [3.8, 4) is 114 Å². The molecule has 0 unspecified atom stereocenters. The van der Waals surface area contributed by atoms with Crippen LogP contribution >= 0.6 is 0 Å². The van der Waals surface area contributed by atoms with Crippen molar-refractivity contribution in [2.24, 2.45) is 0 Å². The number of benzene rings is 16. The highest BCUT2D eigenvalue weighted by atomic mass is 16.5. The van der Waals surface area contributed by atoms with Crippen molar-refractivity contribution < 1.29 is 68.5 Å². The molecule has 0 heterocycles. The fourth-order valence-corrected chi connectivity index (χ4v) is 15.0. The number of hydrogen-bond donors (Lipinski definition) is 6. The number of rotatable bonds is 32. The van der Waals surface area contributed by atoms with Gasteiger partial charge in [0.2, 0.25) is 0 Å². The topological polar surface area (TPSA) is 195 Å². The summed E-state index contributed by atoms with van der Waals surface area (Å²) < 4.78 is 46.6. The summed E-state index contributed by atoms with van der Waals surface area (Å²) in [7, 11) is 0. The Kier molecular flexibility index (Phi) is 28.5. The first kappa shape index (κ1) is 85.5. The molecule has 0 aliphatic carbocycles. The van der Waals surface area contributed by atoms with Gasteiger partial charge in [0.05, 0.1) is 13.2 Å². The van der Waals surface area contributed by atoms with Crippen LogP contribution in [0.25, 0.3) is 33.4 Å². The maximum atomic E-state index is 9.58. The maximum Gasteiger partial charge on any atom is 0.127 e. The lowest BCUT2D eigenvalue weighted by Gasteiger charge is -2.32. The highest BCUT2D eigenvalue weighted by molar-refractivity contribution is 5.68. The van der Waals surface area contributed by atoms with Crippen LogP contribution in [0.3, 0.4) is 0 Å². The zero-order valence-corrected chi connectivity index (χ0v) is 69.3. The van der Waals surface area contributed by atoms with Crippen molar-refractivity contribution in [2.75, 3.05) is 52.9 Å². The summed E-state index contributed by atoms with van der Waals surface area (Å²) in [5.74, 6) is 7.88. The number of aliphatic hydroxyl groups excluding tert-OH is 2. The van der Waals surface area contributed by atoms with E-state index in [1.807, 2.05) is 103 Å². The Morgan fingerprint density at radius 3 is 0.500 bits per heavy atom. The SMILES string of the molecule is CC(c1ccc(OCCO)cc1)(c1ccc(OCCO)cc1)c1ccc(-c2ccccc2)cc1.CC(c1ccc(OCCOc2ccc(O)cc2)cc1)(c1ccc(OCCOc2ccc(O)cc2)cc1)c1ccc(-c2ccccc2)cc1.CC(c1ccc(Oc2ccc(O)cc2)cc1)(c1ccc(Oc2ccc(O)cc2)cc1)c1ccc(-c2ccccc2)cc1. The number of ether oxygens (including phenoxy) is 8. The van der Waals surface area contributed by atoms with Crippen LogP contribution in [0.1, 0.15) is 70.8 Å². The van der Waals surface area contributed by atoms with Gasteiger partial charge in [-0.3, -0.25) is 0 Å². The second-order valence-corrected chi connectivity index (χ2v) is 30.1. The Labute approximate surface area is 724 Å². The second kappa shape index (κ2) is 41.3. The number of phenolic OH excluding ortho intramolecular Hbond substituents is 4. The van der Waals surface area contributed by atoms with E-state index in [1.54, 1.807) is 97.1 Å². The molecule has 0 amide bonds. The van der Waals surface area contributed by atoms with Gasteiger partial charge in [0.1, 0.15) is 120 Å². The molecule has 6 N–H and O–H groups in total. The molecule has 16 aromatic rings. The molecule has 0 bridgehead atoms. The van der Waals surface area contributed by atoms with Gasteiger partial charge in [0, 0.05) is 16.2 Å². The first-order valence-corrected chi connectivity index (χ1v) is 41.2. The van der Waals surface area contributed by atoms with Crippen LogP contribution in [0, 0.1) is 0 Å². The quantitative estimate of drug-likeness (QED) is 0.0172. The van der Waals surface area contributed by atoms with Crippen LogP contribution in [-0.4, -0.2) is 83.5 Å². The predicted molar refractivity (Wildman–Crippen MR) is 491 cm³/mol. The predicted octanol–water partition coefficient (Wildman–Crippen LogP) is 24.2. The van der Waals surface area contributed by atoms with Crippen LogP contribution in [0.5, 0.6) is 80.5 Å². The number of aromatic hydroxyl groups is 4. The van der Waals surface area contributed by atoms with E-state index in [0.29, 0.717) is 60.9 Å². The van der Waals surface area contributed by atoms with E-state index in [4.69, 9.17) is 48.1 Å². The van der Waals surface area contributed by atoms with Crippen molar-refractivity contribution in [1.29, 1.82) is 0 Å². The normalized spacial score (nSPS) is 11.2. The first-order valence-electron chi connectivity index (χ1n) is 41.2. The Bertz CT molecular complexity index is 5670. The first-order chi connectivity index (χ1) is 60.6. The van der Waals surface area contributed by atoms with Gasteiger partial charge in [-0.05, 0) is 274 Å². The fraction of sp³-hybridized carbons (Fsp3) is 0.127. The lowest BCUT2D eigenvalue weighted by molar-refractivity contribution is 0.201. The highest BCUT2D eigenvalue weighted by Gasteiger charge is 2.35. The van der Waals surface area contributed by atoms with Gasteiger partial charge in [0.15, 0.2) is 0 Å². The Balaban J connectivity index is 0.000000154. The summed E-state index contributed by atoms with van der Waals surface area (Å²) in [4.78, 5) is 0. The molecule has 622 valence electrons. The van der Waals surface area contributed by atoms with E-state index < -0.39 is 16.2 Å². The molecule has 0 saturated carbocycles. The van der Waals surface area contributed by atoms with Gasteiger partial charge in [-0.25, -0.2) is 0 Å². The molecule has 0 radical (unpaired) electrons. The monoisotopic (exact) mass is 1640 g/mol. The van der Waals surface area contributed by atoms with Crippen LogP contribution in [0.15, 0.2) is 406 Å². The molecule has 0 atom stereocenters. The summed E-state index contributed by atoms with van der Waals surface area (Å²) in [5.41, 5.74) is 15.9. The largest absolute Gasteiger partial charge is 0.508 e. The highest BCUT2D eigenvalue weighted by Crippen LogP contribution is 2.45. The Hall–Kier alpha value is -15.0. The van der Waals surface area contributed by atoms with E-state index >= 15 is 0 Å².